The fraction of sp³-hybridized carbons (Fsp3) is 0.650. The summed E-state index contributed by atoms with van der Waals surface area (Å²) < 4.78 is 17.2. The number of hydrogen-bond acceptors (Lipinski definition) is 4. The second-order valence-electron chi connectivity index (χ2n) is 6.73. The number of nitrogens with one attached hydrogen (secondary N) is 1. The van der Waals surface area contributed by atoms with Crippen molar-refractivity contribution in [3.05, 3.63) is 22.2 Å². The first kappa shape index (κ1) is 25.3. The maximum atomic E-state index is 5.45. The van der Waals surface area contributed by atoms with Crippen LogP contribution in [-0.2, 0) is 11.3 Å². The quantitative estimate of drug-likeness (QED) is 0.287. The Morgan fingerprint density at radius 2 is 1.89 bits per heavy atom. The van der Waals surface area contributed by atoms with Gasteiger partial charge in [-0.3, -0.25) is 0 Å². The highest BCUT2D eigenvalue weighted by Gasteiger charge is 2.16. The highest BCUT2D eigenvalue weighted by molar-refractivity contribution is 14.0. The van der Waals surface area contributed by atoms with Crippen LogP contribution >= 0.6 is 39.9 Å². The average Bonchev–Trinajstić information content (AvgIpc) is 2.70. The molecule has 0 saturated carbocycles. The molecule has 2 rings (SSSR count). The minimum atomic E-state index is 0. The summed E-state index contributed by atoms with van der Waals surface area (Å²) in [7, 11) is 5.39. The Morgan fingerprint density at radius 1 is 1.25 bits per heavy atom. The molecule has 6 nitrogen and oxygen atoms in total. The summed E-state index contributed by atoms with van der Waals surface area (Å²) in [6, 6.07) is 3.89. The van der Waals surface area contributed by atoms with Crippen LogP contribution in [0.25, 0.3) is 0 Å². The number of methoxy groups -OCH3 is 2. The maximum absolute atomic E-state index is 5.45. The van der Waals surface area contributed by atoms with Crippen molar-refractivity contribution in [3.63, 3.8) is 0 Å². The predicted molar refractivity (Wildman–Crippen MR) is 128 cm³/mol. The van der Waals surface area contributed by atoms with E-state index in [1.165, 1.54) is 19.3 Å². The Morgan fingerprint density at radius 3 is 2.50 bits per heavy atom. The number of hydrogen-bond donors (Lipinski definition) is 1. The number of halogens is 2. The van der Waals surface area contributed by atoms with Gasteiger partial charge in [-0.15, -0.1) is 24.0 Å². The van der Waals surface area contributed by atoms with Gasteiger partial charge in [0, 0.05) is 37.8 Å². The topological polar surface area (TPSA) is 55.3 Å². The van der Waals surface area contributed by atoms with E-state index in [1.807, 2.05) is 12.1 Å². The molecule has 0 aromatic heterocycles. The van der Waals surface area contributed by atoms with Gasteiger partial charge in [-0.2, -0.15) is 0 Å². The molecule has 0 unspecified atom stereocenters. The van der Waals surface area contributed by atoms with Crippen molar-refractivity contribution in [2.24, 2.45) is 10.9 Å². The van der Waals surface area contributed by atoms with Crippen LogP contribution in [0.2, 0.25) is 0 Å². The van der Waals surface area contributed by atoms with Crippen LogP contribution in [0.15, 0.2) is 21.6 Å². The average molecular weight is 570 g/mol. The van der Waals surface area contributed by atoms with Crippen molar-refractivity contribution in [1.29, 1.82) is 0 Å². The van der Waals surface area contributed by atoms with Gasteiger partial charge in [-0.25, -0.2) is 4.99 Å². The molecule has 0 aliphatic carbocycles. The van der Waals surface area contributed by atoms with Crippen LogP contribution in [0.4, 0.5) is 0 Å². The van der Waals surface area contributed by atoms with E-state index in [0.29, 0.717) is 18.0 Å². The van der Waals surface area contributed by atoms with E-state index in [2.05, 4.69) is 40.1 Å². The summed E-state index contributed by atoms with van der Waals surface area (Å²) in [5.41, 5.74) is 1.06. The Hall–Kier alpha value is -0.740. The molecule has 1 heterocycles. The van der Waals surface area contributed by atoms with E-state index in [1.54, 1.807) is 14.2 Å². The molecule has 28 heavy (non-hydrogen) atoms. The molecule has 1 fully saturated rings. The van der Waals surface area contributed by atoms with Gasteiger partial charge in [0.05, 0.1) is 20.8 Å². The second-order valence-corrected chi connectivity index (χ2v) is 7.59. The Balaban J connectivity index is 0.00000392. The molecule has 0 bridgehead atoms. The number of guanidine groups is 1. The van der Waals surface area contributed by atoms with Gasteiger partial charge in [-0.1, -0.05) is 15.9 Å². The van der Waals surface area contributed by atoms with E-state index in [-0.39, 0.29) is 24.0 Å². The molecule has 0 radical (unpaired) electrons. The lowest BCUT2D eigenvalue weighted by Gasteiger charge is -2.27. The van der Waals surface area contributed by atoms with Crippen LogP contribution in [0.3, 0.4) is 0 Å². The van der Waals surface area contributed by atoms with E-state index >= 15 is 0 Å². The van der Waals surface area contributed by atoms with E-state index < -0.39 is 0 Å². The lowest BCUT2D eigenvalue weighted by atomic mass is 9.96. The predicted octanol–water partition coefficient (Wildman–Crippen LogP) is 4.30. The minimum absolute atomic E-state index is 0. The third kappa shape index (κ3) is 7.59. The van der Waals surface area contributed by atoms with Crippen molar-refractivity contribution >= 4 is 45.9 Å². The maximum Gasteiger partial charge on any atom is 0.193 e. The molecule has 1 N–H and O–H groups in total. The van der Waals surface area contributed by atoms with Crippen molar-refractivity contribution in [3.8, 4) is 11.5 Å². The zero-order valence-corrected chi connectivity index (χ0v) is 21.2. The lowest BCUT2D eigenvalue weighted by Crippen LogP contribution is -2.40. The number of benzene rings is 1. The number of aliphatic imine (C=N–C) groups is 1. The standard InChI is InChI=1S/C20H32BrN3O3.HI/c1-5-22-20(24(2)9-6-15-7-10-27-11-8-15)23-14-16-12-18(25-3)19(26-4)13-17(16)21;/h12-13,15H,5-11,14H2,1-4H3,(H,22,23);1H. The smallest absolute Gasteiger partial charge is 0.193 e. The normalized spacial score (nSPS) is 15.0. The van der Waals surface area contributed by atoms with Gasteiger partial charge in [0.1, 0.15) is 0 Å². The van der Waals surface area contributed by atoms with Crippen LogP contribution in [0, 0.1) is 5.92 Å². The first-order chi connectivity index (χ1) is 13.1. The third-order valence-corrected chi connectivity index (χ3v) is 5.60. The van der Waals surface area contributed by atoms with Gasteiger partial charge in [-0.05, 0) is 49.8 Å². The van der Waals surface area contributed by atoms with Gasteiger partial charge < -0.3 is 24.4 Å². The molecular formula is C20H33BrIN3O3. The van der Waals surface area contributed by atoms with Crippen LogP contribution < -0.4 is 14.8 Å². The summed E-state index contributed by atoms with van der Waals surface area (Å²) in [5, 5.41) is 3.39. The monoisotopic (exact) mass is 569 g/mol. The van der Waals surface area contributed by atoms with Gasteiger partial charge in [0.25, 0.3) is 0 Å². The van der Waals surface area contributed by atoms with Crippen LogP contribution in [-0.4, -0.2) is 58.4 Å². The summed E-state index contributed by atoms with van der Waals surface area (Å²) >= 11 is 3.61. The SMILES string of the molecule is CCNC(=NCc1cc(OC)c(OC)cc1Br)N(C)CCC1CCOCC1.I. The van der Waals surface area contributed by atoms with Crippen molar-refractivity contribution in [1.82, 2.24) is 10.2 Å². The third-order valence-electron chi connectivity index (χ3n) is 4.86. The molecule has 1 saturated heterocycles. The molecular weight excluding hydrogens is 537 g/mol. The summed E-state index contributed by atoms with van der Waals surface area (Å²) in [6.45, 7) is 6.28. The van der Waals surface area contributed by atoms with E-state index in [0.717, 1.165) is 48.2 Å². The zero-order chi connectivity index (χ0) is 19.6. The molecule has 0 spiro atoms. The molecule has 0 amide bonds. The first-order valence-electron chi connectivity index (χ1n) is 9.56. The highest BCUT2D eigenvalue weighted by atomic mass is 127. The molecule has 0 atom stereocenters. The van der Waals surface area contributed by atoms with Crippen LogP contribution in [0.5, 0.6) is 11.5 Å². The first-order valence-corrected chi connectivity index (χ1v) is 10.4. The molecule has 1 aromatic rings. The molecule has 160 valence electrons. The summed E-state index contributed by atoms with van der Waals surface area (Å²) in [4.78, 5) is 7.04. The number of ether oxygens (including phenoxy) is 3. The fourth-order valence-electron chi connectivity index (χ4n) is 3.16. The summed E-state index contributed by atoms with van der Waals surface area (Å²) in [5.74, 6) is 3.09. The Bertz CT molecular complexity index is 625. The number of rotatable bonds is 8. The van der Waals surface area contributed by atoms with Gasteiger partial charge in [0.15, 0.2) is 17.5 Å². The Kier molecular flexibility index (Phi) is 12.2. The Labute approximate surface area is 194 Å². The fourth-order valence-corrected chi connectivity index (χ4v) is 3.61. The van der Waals surface area contributed by atoms with Crippen molar-refractivity contribution in [2.45, 2.75) is 32.7 Å². The molecule has 1 aromatic carbocycles. The molecule has 1 aliphatic rings. The van der Waals surface area contributed by atoms with Crippen LogP contribution in [0.1, 0.15) is 31.7 Å². The van der Waals surface area contributed by atoms with Crippen molar-refractivity contribution in [2.75, 3.05) is 47.6 Å². The van der Waals surface area contributed by atoms with Crippen molar-refractivity contribution < 1.29 is 14.2 Å². The second kappa shape index (κ2) is 13.5. The summed E-state index contributed by atoms with van der Waals surface area (Å²) in [6.07, 6.45) is 3.50. The van der Waals surface area contributed by atoms with Gasteiger partial charge in [0.2, 0.25) is 0 Å². The van der Waals surface area contributed by atoms with E-state index in [4.69, 9.17) is 19.2 Å². The molecule has 8 heteroatoms. The minimum Gasteiger partial charge on any atom is -0.493 e. The largest absolute Gasteiger partial charge is 0.493 e. The zero-order valence-electron chi connectivity index (χ0n) is 17.3. The van der Waals surface area contributed by atoms with Gasteiger partial charge >= 0.3 is 0 Å². The van der Waals surface area contributed by atoms with E-state index in [9.17, 15) is 0 Å². The highest BCUT2D eigenvalue weighted by Crippen LogP contribution is 2.33. The lowest BCUT2D eigenvalue weighted by molar-refractivity contribution is 0.0625. The number of nitrogens with zero attached hydrogens (tertiary/aromatic N) is 2. The molecule has 1 aliphatic heterocycles.